The number of aliphatic hydroxyl groups excluding tert-OH is 1. The Morgan fingerprint density at radius 3 is 3.00 bits per heavy atom. The molecule has 0 aliphatic heterocycles. The molecule has 6 nitrogen and oxygen atoms in total. The second-order valence-electron chi connectivity index (χ2n) is 3.88. The summed E-state index contributed by atoms with van der Waals surface area (Å²) in [6.07, 6.45) is 0. The second kappa shape index (κ2) is 4.70. The summed E-state index contributed by atoms with van der Waals surface area (Å²) in [5, 5.41) is 12.1. The molecule has 92 valence electrons. The van der Waals surface area contributed by atoms with Gasteiger partial charge in [0.1, 0.15) is 0 Å². The number of likely N-dealkylation sites (N-methyl/N-ethyl adjacent to an activating group) is 1. The van der Waals surface area contributed by atoms with Crippen LogP contribution in [0.3, 0.4) is 0 Å². The number of aliphatic hydroxyl groups is 1. The van der Waals surface area contributed by atoms with Crippen LogP contribution in [-0.4, -0.2) is 29.8 Å². The van der Waals surface area contributed by atoms with Crippen molar-refractivity contribution in [3.8, 4) is 0 Å². The Kier molecular flexibility index (Phi) is 3.28. The van der Waals surface area contributed by atoms with Gasteiger partial charge in [-0.1, -0.05) is 6.07 Å². The number of rotatable bonds is 4. The summed E-state index contributed by atoms with van der Waals surface area (Å²) >= 11 is 0. The summed E-state index contributed by atoms with van der Waals surface area (Å²) in [5.41, 5.74) is 7.79. The monoisotopic (exact) mass is 237 g/mol. The number of H-pyrrole nitrogens is 1. The smallest absolute Gasteiger partial charge is 0.408 e. The molecule has 1 heterocycles. The zero-order valence-corrected chi connectivity index (χ0v) is 9.43. The minimum absolute atomic E-state index is 0.124. The van der Waals surface area contributed by atoms with Gasteiger partial charge < -0.3 is 20.6 Å². The van der Waals surface area contributed by atoms with Crippen LogP contribution in [0.15, 0.2) is 27.4 Å². The molecule has 2 atom stereocenters. The van der Waals surface area contributed by atoms with E-state index in [4.69, 9.17) is 15.3 Å². The van der Waals surface area contributed by atoms with E-state index < -0.39 is 11.8 Å². The van der Waals surface area contributed by atoms with Crippen LogP contribution in [0.2, 0.25) is 0 Å². The van der Waals surface area contributed by atoms with Crippen molar-refractivity contribution in [2.45, 2.75) is 12.1 Å². The highest BCUT2D eigenvalue weighted by molar-refractivity contribution is 5.72. The van der Waals surface area contributed by atoms with E-state index >= 15 is 0 Å². The lowest BCUT2D eigenvalue weighted by molar-refractivity contribution is 0.240. The first kappa shape index (κ1) is 11.8. The standard InChI is InChI=1S/C11H15N3O3/c1-13-10(7(12)5-15)6-2-3-8-9(4-6)17-11(16)14-8/h2-4,7,10,13,15H,5,12H2,1H3,(H,14,16). The maximum atomic E-state index is 11.0. The molecule has 6 heteroatoms. The van der Waals surface area contributed by atoms with Gasteiger partial charge in [0.05, 0.1) is 12.1 Å². The van der Waals surface area contributed by atoms with Crippen LogP contribution >= 0.6 is 0 Å². The van der Waals surface area contributed by atoms with Crippen LogP contribution in [0.4, 0.5) is 0 Å². The van der Waals surface area contributed by atoms with Crippen molar-refractivity contribution in [1.82, 2.24) is 10.3 Å². The molecule has 0 aliphatic rings. The van der Waals surface area contributed by atoms with E-state index in [1.807, 2.05) is 6.07 Å². The normalized spacial score (nSPS) is 15.0. The van der Waals surface area contributed by atoms with Crippen molar-refractivity contribution >= 4 is 11.1 Å². The van der Waals surface area contributed by atoms with Gasteiger partial charge in [0, 0.05) is 12.1 Å². The Labute approximate surface area is 97.4 Å². The van der Waals surface area contributed by atoms with Crippen LogP contribution in [0.5, 0.6) is 0 Å². The van der Waals surface area contributed by atoms with E-state index in [1.165, 1.54) is 0 Å². The lowest BCUT2D eigenvalue weighted by Crippen LogP contribution is -2.38. The summed E-state index contributed by atoms with van der Waals surface area (Å²) in [4.78, 5) is 13.6. The number of benzene rings is 1. The molecule has 0 saturated heterocycles. The quantitative estimate of drug-likeness (QED) is 0.584. The fourth-order valence-corrected chi connectivity index (χ4v) is 1.89. The minimum atomic E-state index is -0.482. The highest BCUT2D eigenvalue weighted by Crippen LogP contribution is 2.20. The molecule has 0 amide bonds. The van der Waals surface area contributed by atoms with Gasteiger partial charge in [-0.3, -0.25) is 4.98 Å². The zero-order chi connectivity index (χ0) is 12.4. The van der Waals surface area contributed by atoms with Crippen molar-refractivity contribution in [3.05, 3.63) is 34.3 Å². The van der Waals surface area contributed by atoms with Crippen molar-refractivity contribution in [3.63, 3.8) is 0 Å². The SMILES string of the molecule is CNC(c1ccc2[nH]c(=O)oc2c1)C(N)CO. The molecular weight excluding hydrogens is 222 g/mol. The third kappa shape index (κ3) is 2.23. The second-order valence-corrected chi connectivity index (χ2v) is 3.88. The van der Waals surface area contributed by atoms with E-state index in [0.717, 1.165) is 5.56 Å². The van der Waals surface area contributed by atoms with Crippen LogP contribution < -0.4 is 16.8 Å². The number of fused-ring (bicyclic) bond motifs is 1. The molecule has 1 aromatic heterocycles. The van der Waals surface area contributed by atoms with Crippen LogP contribution in [-0.2, 0) is 0 Å². The fourth-order valence-electron chi connectivity index (χ4n) is 1.89. The maximum Gasteiger partial charge on any atom is 0.417 e. The third-order valence-corrected chi connectivity index (χ3v) is 2.75. The maximum absolute atomic E-state index is 11.0. The molecule has 0 spiro atoms. The van der Waals surface area contributed by atoms with Crippen LogP contribution in [0.1, 0.15) is 11.6 Å². The average molecular weight is 237 g/mol. The Hall–Kier alpha value is -1.63. The highest BCUT2D eigenvalue weighted by Gasteiger charge is 2.18. The van der Waals surface area contributed by atoms with Gasteiger partial charge in [0.25, 0.3) is 0 Å². The predicted molar refractivity (Wildman–Crippen MR) is 63.7 cm³/mol. The topological polar surface area (TPSA) is 104 Å². The van der Waals surface area contributed by atoms with Gasteiger partial charge in [0.2, 0.25) is 0 Å². The molecule has 0 bridgehead atoms. The van der Waals surface area contributed by atoms with Crippen molar-refractivity contribution in [2.24, 2.45) is 5.73 Å². The number of aromatic amines is 1. The first-order valence-corrected chi connectivity index (χ1v) is 5.32. The van der Waals surface area contributed by atoms with Crippen molar-refractivity contribution < 1.29 is 9.52 Å². The summed E-state index contributed by atoms with van der Waals surface area (Å²) in [5.74, 6) is -0.482. The molecular formula is C11H15N3O3. The number of hydrogen-bond acceptors (Lipinski definition) is 5. The average Bonchev–Trinajstić information content (AvgIpc) is 2.69. The summed E-state index contributed by atoms with van der Waals surface area (Å²) < 4.78 is 4.97. The fraction of sp³-hybridized carbons (Fsp3) is 0.364. The molecule has 2 aromatic rings. The Morgan fingerprint density at radius 1 is 1.59 bits per heavy atom. The van der Waals surface area contributed by atoms with Gasteiger partial charge >= 0.3 is 5.76 Å². The zero-order valence-electron chi connectivity index (χ0n) is 9.43. The number of hydrogen-bond donors (Lipinski definition) is 4. The van der Waals surface area contributed by atoms with E-state index in [1.54, 1.807) is 19.2 Å². The number of aromatic nitrogens is 1. The molecule has 0 saturated carbocycles. The van der Waals surface area contributed by atoms with E-state index in [-0.39, 0.29) is 12.6 Å². The molecule has 2 rings (SSSR count). The van der Waals surface area contributed by atoms with Gasteiger partial charge in [-0.2, -0.15) is 0 Å². The first-order chi connectivity index (χ1) is 8.15. The van der Waals surface area contributed by atoms with Crippen LogP contribution in [0.25, 0.3) is 11.1 Å². The van der Waals surface area contributed by atoms with Crippen LogP contribution in [0, 0.1) is 0 Å². The number of nitrogens with one attached hydrogen (secondary N) is 2. The third-order valence-electron chi connectivity index (χ3n) is 2.75. The predicted octanol–water partition coefficient (Wildman–Crippen LogP) is -0.299. The number of nitrogens with two attached hydrogens (primary N) is 1. The highest BCUT2D eigenvalue weighted by atomic mass is 16.4. The molecule has 0 radical (unpaired) electrons. The summed E-state index contributed by atoms with van der Waals surface area (Å²) in [6, 6.07) is 4.73. The van der Waals surface area contributed by atoms with E-state index in [9.17, 15) is 4.79 Å². The minimum Gasteiger partial charge on any atom is -0.408 e. The van der Waals surface area contributed by atoms with Gasteiger partial charge in [0.15, 0.2) is 5.58 Å². The Morgan fingerprint density at radius 2 is 2.35 bits per heavy atom. The molecule has 1 aromatic carbocycles. The Bertz CT molecular complexity index is 560. The molecule has 2 unspecified atom stereocenters. The molecule has 0 aliphatic carbocycles. The largest absolute Gasteiger partial charge is 0.417 e. The molecule has 5 N–H and O–H groups in total. The lowest BCUT2D eigenvalue weighted by Gasteiger charge is -2.21. The van der Waals surface area contributed by atoms with Gasteiger partial charge in [-0.25, -0.2) is 4.79 Å². The lowest BCUT2D eigenvalue weighted by atomic mass is 10.0. The number of oxazole rings is 1. The summed E-state index contributed by atoms with van der Waals surface area (Å²) in [6.45, 7) is -0.124. The summed E-state index contributed by atoms with van der Waals surface area (Å²) in [7, 11) is 1.76. The van der Waals surface area contributed by atoms with Gasteiger partial charge in [-0.05, 0) is 24.7 Å². The molecule has 17 heavy (non-hydrogen) atoms. The van der Waals surface area contributed by atoms with Crippen molar-refractivity contribution in [2.75, 3.05) is 13.7 Å². The van der Waals surface area contributed by atoms with Crippen molar-refractivity contribution in [1.29, 1.82) is 0 Å². The van der Waals surface area contributed by atoms with E-state index in [2.05, 4.69) is 10.3 Å². The first-order valence-electron chi connectivity index (χ1n) is 5.32. The Balaban J connectivity index is 2.43. The van der Waals surface area contributed by atoms with E-state index in [0.29, 0.717) is 11.1 Å². The molecule has 0 fully saturated rings. The van der Waals surface area contributed by atoms with Gasteiger partial charge in [-0.15, -0.1) is 0 Å².